The van der Waals surface area contributed by atoms with E-state index >= 15 is 0 Å². The normalized spacial score (nSPS) is 20.0. The van der Waals surface area contributed by atoms with Crippen LogP contribution in [0.2, 0.25) is 0 Å². The molecule has 1 saturated heterocycles. The van der Waals surface area contributed by atoms with E-state index in [0.717, 1.165) is 45.9 Å². The van der Waals surface area contributed by atoms with E-state index < -0.39 is 0 Å². The largest absolute Gasteiger partial charge is 0.379 e. The Balaban J connectivity index is 1.54. The van der Waals surface area contributed by atoms with Crippen molar-refractivity contribution in [3.8, 4) is 0 Å². The van der Waals surface area contributed by atoms with E-state index in [0.29, 0.717) is 0 Å². The molecule has 0 atom stereocenters. The molecule has 1 fully saturated rings. The second-order valence-electron chi connectivity index (χ2n) is 5.88. The first-order valence-corrected chi connectivity index (χ1v) is 8.84. The molecule has 3 rings (SSSR count). The number of nitrogens with zero attached hydrogens (tertiary/aromatic N) is 2. The summed E-state index contributed by atoms with van der Waals surface area (Å²) < 4.78 is 7.75. The molecule has 2 aliphatic heterocycles. The van der Waals surface area contributed by atoms with Gasteiger partial charge >= 0.3 is 0 Å². The highest BCUT2D eigenvalue weighted by Crippen LogP contribution is 2.30. The van der Waals surface area contributed by atoms with Gasteiger partial charge in [0.2, 0.25) is 0 Å². The summed E-state index contributed by atoms with van der Waals surface area (Å²) in [5, 5.41) is 0. The number of rotatable bonds is 6. The van der Waals surface area contributed by atoms with Crippen molar-refractivity contribution < 1.29 is 4.74 Å². The van der Waals surface area contributed by atoms with Gasteiger partial charge in [-0.1, -0.05) is 37.4 Å². The fourth-order valence-electron chi connectivity index (χ4n) is 2.92. The molecule has 3 nitrogen and oxygen atoms in total. The summed E-state index contributed by atoms with van der Waals surface area (Å²) in [6.45, 7) is 14.4. The molecule has 0 radical (unpaired) electrons. The molecular formula is C19H24N2OS. The number of morpholine rings is 1. The Morgan fingerprint density at radius 3 is 2.17 bits per heavy atom. The monoisotopic (exact) mass is 328 g/mol. The van der Waals surface area contributed by atoms with Crippen LogP contribution in [0.1, 0.15) is 5.56 Å². The quantitative estimate of drug-likeness (QED) is 0.742. The van der Waals surface area contributed by atoms with Crippen molar-refractivity contribution in [2.24, 2.45) is 0 Å². The second-order valence-corrected chi connectivity index (χ2v) is 7.05. The standard InChI is InChI=1S/C19H24N2OS/c1-3-17-14-21(15-18(17)4-2)23-19-7-5-16(6-8-19)13-20-9-11-22-12-10-20/h3-8H,1-2,9-15H2. The van der Waals surface area contributed by atoms with Gasteiger partial charge in [0.25, 0.3) is 0 Å². The Hall–Kier alpha value is -1.33. The van der Waals surface area contributed by atoms with E-state index in [1.807, 2.05) is 12.2 Å². The summed E-state index contributed by atoms with van der Waals surface area (Å²) in [4.78, 5) is 3.73. The smallest absolute Gasteiger partial charge is 0.0594 e. The zero-order valence-corrected chi connectivity index (χ0v) is 14.4. The molecular weight excluding hydrogens is 304 g/mol. The van der Waals surface area contributed by atoms with Crippen LogP contribution in [0.5, 0.6) is 0 Å². The number of hydrogen-bond donors (Lipinski definition) is 0. The van der Waals surface area contributed by atoms with E-state index in [9.17, 15) is 0 Å². The minimum absolute atomic E-state index is 0.854. The van der Waals surface area contributed by atoms with Crippen LogP contribution >= 0.6 is 11.9 Å². The average Bonchev–Trinajstić information content (AvgIpc) is 2.99. The molecule has 0 bridgehead atoms. The van der Waals surface area contributed by atoms with Crippen LogP contribution in [0, 0.1) is 0 Å². The van der Waals surface area contributed by atoms with Crippen molar-refractivity contribution in [1.29, 1.82) is 0 Å². The number of hydrogen-bond acceptors (Lipinski definition) is 4. The fourth-order valence-corrected chi connectivity index (χ4v) is 3.88. The Morgan fingerprint density at radius 2 is 1.61 bits per heavy atom. The third kappa shape index (κ3) is 4.36. The van der Waals surface area contributed by atoms with Gasteiger partial charge in [0.1, 0.15) is 0 Å². The molecule has 0 spiro atoms. The average molecular weight is 328 g/mol. The summed E-state index contributed by atoms with van der Waals surface area (Å²) in [5.41, 5.74) is 3.95. The van der Waals surface area contributed by atoms with Gasteiger partial charge in [-0.15, -0.1) is 0 Å². The van der Waals surface area contributed by atoms with Crippen LogP contribution in [0.3, 0.4) is 0 Å². The Morgan fingerprint density at radius 1 is 1.00 bits per heavy atom. The molecule has 0 unspecified atom stereocenters. The SMILES string of the molecule is C=CC1=C(C=C)CN(Sc2ccc(CN3CCOCC3)cc2)C1. The van der Waals surface area contributed by atoms with Crippen molar-refractivity contribution in [3.05, 3.63) is 66.3 Å². The lowest BCUT2D eigenvalue weighted by atomic mass is 10.1. The van der Waals surface area contributed by atoms with Crippen LogP contribution in [-0.2, 0) is 11.3 Å². The third-order valence-corrected chi connectivity index (χ3v) is 5.27. The maximum absolute atomic E-state index is 5.40. The first-order chi connectivity index (χ1) is 11.3. The Kier molecular flexibility index (Phi) is 5.73. The predicted molar refractivity (Wildman–Crippen MR) is 97.4 cm³/mol. The van der Waals surface area contributed by atoms with Crippen molar-refractivity contribution >= 4 is 11.9 Å². The summed E-state index contributed by atoms with van der Waals surface area (Å²) in [5.74, 6) is 0. The van der Waals surface area contributed by atoms with Gasteiger partial charge in [0.15, 0.2) is 0 Å². The van der Waals surface area contributed by atoms with Gasteiger partial charge < -0.3 is 4.74 Å². The zero-order chi connectivity index (χ0) is 16.1. The number of ether oxygens (including phenoxy) is 1. The molecule has 0 amide bonds. The van der Waals surface area contributed by atoms with E-state index in [2.05, 4.69) is 46.6 Å². The number of benzene rings is 1. The minimum Gasteiger partial charge on any atom is -0.379 e. The van der Waals surface area contributed by atoms with Gasteiger partial charge in [-0.2, -0.15) is 0 Å². The molecule has 2 heterocycles. The molecule has 1 aromatic rings. The molecule has 122 valence electrons. The van der Waals surface area contributed by atoms with Crippen LogP contribution in [0.25, 0.3) is 0 Å². The van der Waals surface area contributed by atoms with Crippen molar-refractivity contribution in [2.75, 3.05) is 39.4 Å². The van der Waals surface area contributed by atoms with Gasteiger partial charge in [0, 0.05) is 37.6 Å². The van der Waals surface area contributed by atoms with Crippen molar-refractivity contribution in [2.45, 2.75) is 11.4 Å². The minimum atomic E-state index is 0.854. The summed E-state index contributed by atoms with van der Waals surface area (Å²) in [6, 6.07) is 8.92. The summed E-state index contributed by atoms with van der Waals surface area (Å²) >= 11 is 1.81. The highest BCUT2D eigenvalue weighted by atomic mass is 32.2. The van der Waals surface area contributed by atoms with E-state index in [1.165, 1.54) is 21.6 Å². The topological polar surface area (TPSA) is 15.7 Å². The molecule has 0 aliphatic carbocycles. The zero-order valence-electron chi connectivity index (χ0n) is 13.5. The molecule has 0 N–H and O–H groups in total. The molecule has 1 aromatic carbocycles. The maximum atomic E-state index is 5.40. The van der Waals surface area contributed by atoms with Crippen molar-refractivity contribution in [1.82, 2.24) is 9.21 Å². The van der Waals surface area contributed by atoms with Gasteiger partial charge in [0.05, 0.1) is 13.2 Å². The highest BCUT2D eigenvalue weighted by Gasteiger charge is 2.19. The van der Waals surface area contributed by atoms with Gasteiger partial charge in [-0.3, -0.25) is 4.90 Å². The van der Waals surface area contributed by atoms with Crippen molar-refractivity contribution in [3.63, 3.8) is 0 Å². The molecule has 4 heteroatoms. The molecule has 2 aliphatic rings. The third-order valence-electron chi connectivity index (χ3n) is 4.27. The Labute approximate surface area is 143 Å². The van der Waals surface area contributed by atoms with Crippen LogP contribution in [0.4, 0.5) is 0 Å². The maximum Gasteiger partial charge on any atom is 0.0594 e. The van der Waals surface area contributed by atoms with E-state index in [1.54, 1.807) is 11.9 Å². The fraction of sp³-hybridized carbons (Fsp3) is 0.368. The van der Waals surface area contributed by atoms with Crippen LogP contribution < -0.4 is 0 Å². The van der Waals surface area contributed by atoms with E-state index in [-0.39, 0.29) is 0 Å². The lowest BCUT2D eigenvalue weighted by molar-refractivity contribution is 0.0342. The Bertz CT molecular complexity index is 568. The predicted octanol–water partition coefficient (Wildman–Crippen LogP) is 3.51. The molecule has 0 saturated carbocycles. The van der Waals surface area contributed by atoms with Crippen LogP contribution in [-0.4, -0.2) is 48.6 Å². The van der Waals surface area contributed by atoms with Gasteiger partial charge in [-0.05, 0) is 40.8 Å². The highest BCUT2D eigenvalue weighted by molar-refractivity contribution is 7.97. The van der Waals surface area contributed by atoms with E-state index in [4.69, 9.17) is 4.74 Å². The first kappa shape index (κ1) is 16.5. The van der Waals surface area contributed by atoms with Crippen LogP contribution in [0.15, 0.2) is 65.6 Å². The van der Waals surface area contributed by atoms with Gasteiger partial charge in [-0.25, -0.2) is 4.31 Å². The first-order valence-electron chi connectivity index (χ1n) is 8.07. The summed E-state index contributed by atoms with van der Waals surface area (Å²) in [6.07, 6.45) is 3.89. The summed E-state index contributed by atoms with van der Waals surface area (Å²) in [7, 11) is 0. The molecule has 23 heavy (non-hydrogen) atoms. The lowest BCUT2D eigenvalue weighted by Crippen LogP contribution is -2.35. The molecule has 0 aromatic heterocycles. The second kappa shape index (κ2) is 7.97. The lowest BCUT2D eigenvalue weighted by Gasteiger charge is -2.26.